The second-order valence-corrected chi connectivity index (χ2v) is 5.59. The van der Waals surface area contributed by atoms with E-state index in [-0.39, 0.29) is 0 Å². The van der Waals surface area contributed by atoms with Crippen molar-refractivity contribution in [1.29, 1.82) is 0 Å². The molecule has 0 amide bonds. The molecule has 0 aromatic heterocycles. The average molecular weight is 332 g/mol. The fourth-order valence-electron chi connectivity index (χ4n) is 2.56. The van der Waals surface area contributed by atoms with Gasteiger partial charge in [-0.15, -0.1) is 0 Å². The van der Waals surface area contributed by atoms with Crippen molar-refractivity contribution in [3.63, 3.8) is 0 Å². The van der Waals surface area contributed by atoms with Gasteiger partial charge in [0.25, 0.3) is 0 Å². The van der Waals surface area contributed by atoms with Crippen LogP contribution in [-0.2, 0) is 10.2 Å². The molecule has 1 aromatic rings. The first-order valence-corrected chi connectivity index (χ1v) is 7.16. The van der Waals surface area contributed by atoms with E-state index in [2.05, 4.69) is 15.9 Å². The summed E-state index contributed by atoms with van der Waals surface area (Å²) in [6.07, 6.45) is 2.27. The SMILES string of the molecule is CCCC(CCC)(C(=O)O)c1cc(F)cc(Br)c1N. The van der Waals surface area contributed by atoms with Gasteiger partial charge in [-0.1, -0.05) is 26.7 Å². The summed E-state index contributed by atoms with van der Waals surface area (Å²) in [5.74, 6) is -1.42. The molecule has 3 nitrogen and oxygen atoms in total. The number of carboxylic acid groups (broad SMARTS) is 1. The number of hydrogen-bond acceptors (Lipinski definition) is 2. The summed E-state index contributed by atoms with van der Waals surface area (Å²) < 4.78 is 14.0. The normalized spacial score (nSPS) is 11.6. The van der Waals surface area contributed by atoms with Gasteiger partial charge < -0.3 is 10.8 Å². The lowest BCUT2D eigenvalue weighted by Gasteiger charge is -2.31. The Hall–Kier alpha value is -1.10. The van der Waals surface area contributed by atoms with Crippen LogP contribution in [0.4, 0.5) is 10.1 Å². The summed E-state index contributed by atoms with van der Waals surface area (Å²) in [5, 5.41) is 9.65. The Morgan fingerprint density at radius 2 is 1.89 bits per heavy atom. The molecule has 106 valence electrons. The zero-order valence-corrected chi connectivity index (χ0v) is 12.8. The molecule has 1 aromatic carbocycles. The van der Waals surface area contributed by atoms with Gasteiger partial charge in [0.2, 0.25) is 0 Å². The van der Waals surface area contributed by atoms with Crippen LogP contribution in [0.3, 0.4) is 0 Å². The van der Waals surface area contributed by atoms with Gasteiger partial charge in [-0.25, -0.2) is 4.39 Å². The Bertz CT molecular complexity index is 471. The lowest BCUT2D eigenvalue weighted by atomic mass is 9.73. The number of halogens is 2. The van der Waals surface area contributed by atoms with Gasteiger partial charge in [-0.3, -0.25) is 4.79 Å². The molecule has 3 N–H and O–H groups in total. The molecule has 0 aliphatic rings. The number of anilines is 1. The minimum atomic E-state index is -1.11. The first kappa shape index (κ1) is 16.0. The number of carbonyl (C=O) groups is 1. The molecule has 0 saturated carbocycles. The zero-order valence-electron chi connectivity index (χ0n) is 11.2. The predicted octanol–water partition coefficient (Wildman–Crippen LogP) is 4.09. The number of carboxylic acids is 1. The lowest BCUT2D eigenvalue weighted by molar-refractivity contribution is -0.144. The summed E-state index contributed by atoms with van der Waals surface area (Å²) in [5.41, 5.74) is 5.53. The highest BCUT2D eigenvalue weighted by Gasteiger charge is 2.40. The standard InChI is InChI=1S/C14H19BrFNO2/c1-3-5-14(6-4-2,13(18)19)10-7-9(16)8-11(15)12(10)17/h7-8H,3-6,17H2,1-2H3,(H,18,19). The van der Waals surface area contributed by atoms with Crippen molar-refractivity contribution >= 4 is 27.6 Å². The van der Waals surface area contributed by atoms with Crippen molar-refractivity contribution < 1.29 is 14.3 Å². The Kier molecular flexibility index (Phi) is 5.35. The number of aliphatic carboxylic acids is 1. The highest BCUT2D eigenvalue weighted by molar-refractivity contribution is 9.10. The molecule has 0 fully saturated rings. The van der Waals surface area contributed by atoms with Gasteiger partial charge in [-0.05, 0) is 46.5 Å². The fourth-order valence-corrected chi connectivity index (χ4v) is 2.99. The number of benzene rings is 1. The van der Waals surface area contributed by atoms with Gasteiger partial charge in [0, 0.05) is 4.47 Å². The molecular weight excluding hydrogens is 313 g/mol. The Balaban J connectivity index is 3.51. The molecule has 1 rings (SSSR count). The molecule has 0 atom stereocenters. The van der Waals surface area contributed by atoms with E-state index in [9.17, 15) is 14.3 Å². The van der Waals surface area contributed by atoms with E-state index in [0.717, 1.165) is 0 Å². The third-order valence-corrected chi connectivity index (χ3v) is 4.03. The van der Waals surface area contributed by atoms with Crippen LogP contribution in [0.25, 0.3) is 0 Å². The van der Waals surface area contributed by atoms with Gasteiger partial charge in [0.05, 0.1) is 11.1 Å². The van der Waals surface area contributed by atoms with Crippen molar-refractivity contribution in [2.24, 2.45) is 0 Å². The van der Waals surface area contributed by atoms with Crippen LogP contribution in [0, 0.1) is 5.82 Å². The van der Waals surface area contributed by atoms with Crippen molar-refractivity contribution in [2.45, 2.75) is 44.9 Å². The van der Waals surface area contributed by atoms with Crippen molar-refractivity contribution in [2.75, 3.05) is 5.73 Å². The second kappa shape index (κ2) is 6.37. The molecule has 0 bridgehead atoms. The Morgan fingerprint density at radius 3 is 2.32 bits per heavy atom. The van der Waals surface area contributed by atoms with Crippen LogP contribution in [0.2, 0.25) is 0 Å². The maximum absolute atomic E-state index is 13.6. The van der Waals surface area contributed by atoms with E-state index in [0.29, 0.717) is 41.4 Å². The molecule has 0 spiro atoms. The van der Waals surface area contributed by atoms with Crippen molar-refractivity contribution in [3.05, 3.63) is 28.0 Å². The van der Waals surface area contributed by atoms with Gasteiger partial charge in [0.15, 0.2) is 0 Å². The first-order valence-electron chi connectivity index (χ1n) is 6.37. The lowest BCUT2D eigenvalue weighted by Crippen LogP contribution is -2.36. The average Bonchev–Trinajstić information content (AvgIpc) is 2.33. The topological polar surface area (TPSA) is 63.3 Å². The quantitative estimate of drug-likeness (QED) is 0.771. The van der Waals surface area contributed by atoms with E-state index in [1.165, 1.54) is 12.1 Å². The monoisotopic (exact) mass is 331 g/mol. The van der Waals surface area contributed by atoms with E-state index in [1.54, 1.807) is 0 Å². The van der Waals surface area contributed by atoms with Crippen LogP contribution in [0.15, 0.2) is 16.6 Å². The van der Waals surface area contributed by atoms with E-state index in [1.807, 2.05) is 13.8 Å². The fraction of sp³-hybridized carbons (Fsp3) is 0.500. The van der Waals surface area contributed by atoms with Crippen LogP contribution < -0.4 is 5.73 Å². The number of hydrogen-bond donors (Lipinski definition) is 2. The molecule has 0 aliphatic carbocycles. The van der Waals surface area contributed by atoms with E-state index < -0.39 is 17.2 Å². The zero-order chi connectivity index (χ0) is 14.6. The second-order valence-electron chi connectivity index (χ2n) is 4.74. The smallest absolute Gasteiger partial charge is 0.314 e. The molecule has 0 aliphatic heterocycles. The minimum Gasteiger partial charge on any atom is -0.481 e. The summed E-state index contributed by atoms with van der Waals surface area (Å²) in [4.78, 5) is 11.8. The van der Waals surface area contributed by atoms with Gasteiger partial charge in [-0.2, -0.15) is 0 Å². The third-order valence-electron chi connectivity index (χ3n) is 3.37. The maximum Gasteiger partial charge on any atom is 0.314 e. The molecule has 0 heterocycles. The highest BCUT2D eigenvalue weighted by atomic mass is 79.9. The maximum atomic E-state index is 13.6. The van der Waals surface area contributed by atoms with Crippen LogP contribution >= 0.6 is 15.9 Å². The molecular formula is C14H19BrFNO2. The molecule has 0 radical (unpaired) electrons. The van der Waals surface area contributed by atoms with Gasteiger partial charge >= 0.3 is 5.97 Å². The molecule has 19 heavy (non-hydrogen) atoms. The summed E-state index contributed by atoms with van der Waals surface area (Å²) in [7, 11) is 0. The van der Waals surface area contributed by atoms with E-state index in [4.69, 9.17) is 5.73 Å². The van der Waals surface area contributed by atoms with Crippen LogP contribution in [0.5, 0.6) is 0 Å². The van der Waals surface area contributed by atoms with Crippen LogP contribution in [0.1, 0.15) is 45.1 Å². The predicted molar refractivity (Wildman–Crippen MR) is 77.6 cm³/mol. The van der Waals surface area contributed by atoms with Crippen molar-refractivity contribution in [1.82, 2.24) is 0 Å². The highest BCUT2D eigenvalue weighted by Crippen LogP contribution is 2.41. The number of rotatable bonds is 6. The third kappa shape index (κ3) is 3.08. The van der Waals surface area contributed by atoms with E-state index >= 15 is 0 Å². The molecule has 0 saturated heterocycles. The molecule has 0 unspecified atom stereocenters. The Labute approximate surface area is 121 Å². The largest absolute Gasteiger partial charge is 0.481 e. The summed E-state index contributed by atoms with van der Waals surface area (Å²) in [6, 6.07) is 2.50. The summed E-state index contributed by atoms with van der Waals surface area (Å²) in [6.45, 7) is 3.83. The minimum absolute atomic E-state index is 0.311. The number of nitrogens with two attached hydrogens (primary N) is 1. The Morgan fingerprint density at radius 1 is 1.37 bits per heavy atom. The van der Waals surface area contributed by atoms with Crippen LogP contribution in [-0.4, -0.2) is 11.1 Å². The van der Waals surface area contributed by atoms with Gasteiger partial charge in [0.1, 0.15) is 5.82 Å². The summed E-state index contributed by atoms with van der Waals surface area (Å²) >= 11 is 3.18. The first-order chi connectivity index (χ1) is 8.89. The molecule has 5 heteroatoms. The number of nitrogen functional groups attached to an aromatic ring is 1. The van der Waals surface area contributed by atoms with Crippen molar-refractivity contribution in [3.8, 4) is 0 Å².